The number of halogens is 2. The van der Waals surface area contributed by atoms with E-state index in [0.717, 1.165) is 38.1 Å². The predicted molar refractivity (Wildman–Crippen MR) is 75.8 cm³/mol. The van der Waals surface area contributed by atoms with Crippen molar-refractivity contribution in [3.63, 3.8) is 0 Å². The van der Waals surface area contributed by atoms with Gasteiger partial charge in [0.1, 0.15) is 11.6 Å². The molecule has 3 nitrogen and oxygen atoms in total. The zero-order valence-corrected chi connectivity index (χ0v) is 11.9. The third kappa shape index (κ3) is 3.40. The van der Waals surface area contributed by atoms with Crippen LogP contribution in [0.2, 0.25) is 0 Å². The molecule has 0 spiro atoms. The van der Waals surface area contributed by atoms with Crippen LogP contribution in [-0.2, 0) is 4.79 Å². The summed E-state index contributed by atoms with van der Waals surface area (Å²) in [6, 6.07) is 3.44. The molecule has 114 valence electrons. The van der Waals surface area contributed by atoms with Crippen LogP contribution in [0.3, 0.4) is 0 Å². The first-order chi connectivity index (χ1) is 10.1. The van der Waals surface area contributed by atoms with Crippen molar-refractivity contribution in [2.45, 2.75) is 25.2 Å². The van der Waals surface area contributed by atoms with Gasteiger partial charge in [-0.25, -0.2) is 8.78 Å². The standard InChI is InChI=1S/C16H20F2N2O/c17-11-1-2-15(18)13(7-11)12-8-14(12)16(21)20-6-4-10-3-5-19-9-10/h1-2,7,10,12,14,19H,3-6,8-9H2,(H,20,21). The monoisotopic (exact) mass is 294 g/mol. The molecule has 1 aliphatic carbocycles. The van der Waals surface area contributed by atoms with Crippen molar-refractivity contribution in [1.82, 2.24) is 10.6 Å². The van der Waals surface area contributed by atoms with E-state index in [4.69, 9.17) is 0 Å². The summed E-state index contributed by atoms with van der Waals surface area (Å²) in [5.41, 5.74) is 0.329. The van der Waals surface area contributed by atoms with E-state index in [1.54, 1.807) is 0 Å². The molecule has 1 aromatic rings. The molecule has 2 N–H and O–H groups in total. The van der Waals surface area contributed by atoms with Crippen molar-refractivity contribution in [1.29, 1.82) is 0 Å². The molecule has 1 aromatic carbocycles. The van der Waals surface area contributed by atoms with Crippen LogP contribution in [0, 0.1) is 23.5 Å². The number of nitrogens with one attached hydrogen (secondary N) is 2. The Kier molecular flexibility index (Phi) is 4.19. The van der Waals surface area contributed by atoms with E-state index < -0.39 is 11.6 Å². The van der Waals surface area contributed by atoms with Crippen LogP contribution in [0.15, 0.2) is 18.2 Å². The average Bonchev–Trinajstić information content (AvgIpc) is 3.10. The molecule has 0 bridgehead atoms. The first kappa shape index (κ1) is 14.4. The molecule has 21 heavy (non-hydrogen) atoms. The fourth-order valence-electron chi connectivity index (χ4n) is 3.12. The molecule has 2 fully saturated rings. The number of amides is 1. The van der Waals surface area contributed by atoms with Gasteiger partial charge in [0, 0.05) is 12.5 Å². The van der Waals surface area contributed by atoms with Gasteiger partial charge >= 0.3 is 0 Å². The molecule has 0 radical (unpaired) electrons. The summed E-state index contributed by atoms with van der Waals surface area (Å²) in [6.45, 7) is 2.75. The number of hydrogen-bond donors (Lipinski definition) is 2. The van der Waals surface area contributed by atoms with E-state index in [0.29, 0.717) is 24.4 Å². The Morgan fingerprint density at radius 2 is 2.24 bits per heavy atom. The van der Waals surface area contributed by atoms with Gasteiger partial charge in [0.25, 0.3) is 0 Å². The Morgan fingerprint density at radius 1 is 1.38 bits per heavy atom. The van der Waals surface area contributed by atoms with Gasteiger partial charge in [-0.1, -0.05) is 0 Å². The van der Waals surface area contributed by atoms with E-state index >= 15 is 0 Å². The molecular weight excluding hydrogens is 274 g/mol. The summed E-state index contributed by atoms with van der Waals surface area (Å²) in [5, 5.41) is 6.22. The van der Waals surface area contributed by atoms with Gasteiger partial charge in [-0.2, -0.15) is 0 Å². The minimum absolute atomic E-state index is 0.0328. The molecule has 1 amide bonds. The third-order valence-electron chi connectivity index (χ3n) is 4.50. The number of hydrogen-bond acceptors (Lipinski definition) is 2. The van der Waals surface area contributed by atoms with Crippen molar-refractivity contribution >= 4 is 5.91 Å². The summed E-state index contributed by atoms with van der Waals surface area (Å²) in [5.74, 6) is -0.646. The molecular formula is C16H20F2N2O. The lowest BCUT2D eigenvalue weighted by Crippen LogP contribution is -2.28. The van der Waals surface area contributed by atoms with Gasteiger partial charge in [-0.05, 0) is 68.0 Å². The van der Waals surface area contributed by atoms with Crippen LogP contribution < -0.4 is 10.6 Å². The summed E-state index contributed by atoms with van der Waals surface area (Å²) in [4.78, 5) is 12.0. The van der Waals surface area contributed by atoms with Crippen molar-refractivity contribution < 1.29 is 13.6 Å². The number of carbonyl (C=O) groups is 1. The molecule has 0 aromatic heterocycles. The molecule has 1 aliphatic heterocycles. The Balaban J connectivity index is 1.48. The number of carbonyl (C=O) groups excluding carboxylic acids is 1. The Labute approximate surface area is 123 Å². The van der Waals surface area contributed by atoms with Crippen LogP contribution in [0.4, 0.5) is 8.78 Å². The highest BCUT2D eigenvalue weighted by molar-refractivity contribution is 5.82. The fraction of sp³-hybridized carbons (Fsp3) is 0.562. The molecule has 2 aliphatic rings. The van der Waals surface area contributed by atoms with Gasteiger partial charge in [-0.15, -0.1) is 0 Å². The van der Waals surface area contributed by atoms with Crippen molar-refractivity contribution in [2.75, 3.05) is 19.6 Å². The second kappa shape index (κ2) is 6.10. The second-order valence-corrected chi connectivity index (χ2v) is 6.05. The van der Waals surface area contributed by atoms with Crippen molar-refractivity contribution in [3.05, 3.63) is 35.4 Å². The second-order valence-electron chi connectivity index (χ2n) is 6.05. The Morgan fingerprint density at radius 3 is 3.00 bits per heavy atom. The minimum atomic E-state index is -0.453. The average molecular weight is 294 g/mol. The summed E-state index contributed by atoms with van der Waals surface area (Å²) >= 11 is 0. The lowest BCUT2D eigenvalue weighted by Gasteiger charge is -2.09. The zero-order chi connectivity index (χ0) is 14.8. The third-order valence-corrected chi connectivity index (χ3v) is 4.50. The van der Waals surface area contributed by atoms with Crippen LogP contribution in [0.25, 0.3) is 0 Å². The first-order valence-electron chi connectivity index (χ1n) is 7.58. The normalized spacial score (nSPS) is 27.6. The lowest BCUT2D eigenvalue weighted by molar-refractivity contribution is -0.122. The van der Waals surface area contributed by atoms with Crippen LogP contribution in [-0.4, -0.2) is 25.5 Å². The van der Waals surface area contributed by atoms with Crippen LogP contribution in [0.5, 0.6) is 0 Å². The molecule has 1 saturated heterocycles. The summed E-state index contributed by atoms with van der Waals surface area (Å²) in [7, 11) is 0. The Hall–Kier alpha value is -1.49. The van der Waals surface area contributed by atoms with E-state index in [2.05, 4.69) is 10.6 Å². The van der Waals surface area contributed by atoms with Gasteiger partial charge in [0.05, 0.1) is 0 Å². The van der Waals surface area contributed by atoms with E-state index in [9.17, 15) is 13.6 Å². The zero-order valence-electron chi connectivity index (χ0n) is 11.9. The highest BCUT2D eigenvalue weighted by Gasteiger charge is 2.45. The van der Waals surface area contributed by atoms with E-state index in [1.807, 2.05) is 0 Å². The lowest BCUT2D eigenvalue weighted by atomic mass is 10.1. The number of rotatable bonds is 5. The predicted octanol–water partition coefficient (Wildman–Crippen LogP) is 2.18. The van der Waals surface area contributed by atoms with Crippen LogP contribution >= 0.6 is 0 Å². The van der Waals surface area contributed by atoms with Gasteiger partial charge < -0.3 is 10.6 Å². The quantitative estimate of drug-likeness (QED) is 0.874. The summed E-state index contributed by atoms with van der Waals surface area (Å²) < 4.78 is 26.8. The SMILES string of the molecule is O=C(NCCC1CCNC1)C1CC1c1cc(F)ccc1F. The van der Waals surface area contributed by atoms with Crippen LogP contribution in [0.1, 0.15) is 30.7 Å². The maximum atomic E-state index is 13.6. The fourth-order valence-corrected chi connectivity index (χ4v) is 3.12. The molecule has 1 saturated carbocycles. The highest BCUT2D eigenvalue weighted by atomic mass is 19.1. The topological polar surface area (TPSA) is 41.1 Å². The van der Waals surface area contributed by atoms with Gasteiger partial charge in [-0.3, -0.25) is 4.79 Å². The summed E-state index contributed by atoms with van der Waals surface area (Å²) in [6.07, 6.45) is 2.75. The minimum Gasteiger partial charge on any atom is -0.356 e. The largest absolute Gasteiger partial charge is 0.356 e. The molecule has 1 heterocycles. The van der Waals surface area contributed by atoms with E-state index in [1.165, 1.54) is 6.07 Å². The molecule has 3 atom stereocenters. The highest BCUT2D eigenvalue weighted by Crippen LogP contribution is 2.48. The maximum Gasteiger partial charge on any atom is 0.223 e. The Bertz CT molecular complexity index is 529. The number of benzene rings is 1. The molecule has 5 heteroatoms. The maximum absolute atomic E-state index is 13.6. The smallest absolute Gasteiger partial charge is 0.223 e. The first-order valence-corrected chi connectivity index (χ1v) is 7.58. The molecule has 3 unspecified atom stereocenters. The van der Waals surface area contributed by atoms with Crippen molar-refractivity contribution in [3.8, 4) is 0 Å². The molecule has 3 rings (SSSR count). The van der Waals surface area contributed by atoms with Gasteiger partial charge in [0.2, 0.25) is 5.91 Å². The van der Waals surface area contributed by atoms with E-state index in [-0.39, 0.29) is 17.7 Å². The van der Waals surface area contributed by atoms with Crippen molar-refractivity contribution in [2.24, 2.45) is 11.8 Å². The van der Waals surface area contributed by atoms with Gasteiger partial charge in [0.15, 0.2) is 0 Å².